The van der Waals surface area contributed by atoms with Crippen LogP contribution in [0.5, 0.6) is 0 Å². The zero-order valence-corrected chi connectivity index (χ0v) is 13.6. The molecule has 2 aliphatic rings. The van der Waals surface area contributed by atoms with E-state index in [-0.39, 0.29) is 11.5 Å². The van der Waals surface area contributed by atoms with E-state index in [1.54, 1.807) is 12.1 Å². The Morgan fingerprint density at radius 1 is 1.14 bits per heavy atom. The first-order chi connectivity index (χ1) is 10.5. The zero-order chi connectivity index (χ0) is 15.7. The fourth-order valence-electron chi connectivity index (χ4n) is 3.78. The van der Waals surface area contributed by atoms with Crippen LogP contribution < -0.4 is 10.9 Å². The number of rotatable bonds is 3. The number of amides is 2. The number of nitrogens with one attached hydrogen (secondary N) is 2. The maximum Gasteiger partial charge on any atom is 0.271 e. The van der Waals surface area contributed by atoms with E-state index in [1.807, 2.05) is 0 Å². The molecule has 2 aliphatic carbocycles. The highest BCUT2D eigenvalue weighted by atomic mass is 35.5. The lowest BCUT2D eigenvalue weighted by atomic mass is 9.86. The van der Waals surface area contributed by atoms with Gasteiger partial charge in [0, 0.05) is 11.4 Å². The Bertz CT molecular complexity index is 606. The van der Waals surface area contributed by atoms with Gasteiger partial charge < -0.3 is 0 Å². The Balaban J connectivity index is 1.50. The zero-order valence-electron chi connectivity index (χ0n) is 12.1. The molecule has 22 heavy (non-hydrogen) atoms. The van der Waals surface area contributed by atoms with Crippen LogP contribution in [0.15, 0.2) is 18.2 Å². The summed E-state index contributed by atoms with van der Waals surface area (Å²) in [5, 5.41) is 0.715. The van der Waals surface area contributed by atoms with Crippen molar-refractivity contribution in [1.29, 1.82) is 0 Å². The van der Waals surface area contributed by atoms with E-state index in [0.29, 0.717) is 28.3 Å². The normalized spacial score (nSPS) is 26.0. The predicted octanol–water partition coefficient (Wildman–Crippen LogP) is 3.58. The molecule has 0 unspecified atom stereocenters. The summed E-state index contributed by atoms with van der Waals surface area (Å²) in [6.45, 7) is 0. The maximum absolute atomic E-state index is 12.0. The van der Waals surface area contributed by atoms with Crippen LogP contribution in [-0.2, 0) is 4.79 Å². The summed E-state index contributed by atoms with van der Waals surface area (Å²) < 4.78 is 0. The standard InChI is InChI=1S/C16H18Cl2N2O2/c17-12-3-4-14(18)13(8-12)16(22)20-19-15(21)7-11-6-9-1-2-10(11)5-9/h3-4,8-11H,1-2,5-7H2,(H,19,21)(H,20,22)/t9-,10-,11-/m1/s1. The summed E-state index contributed by atoms with van der Waals surface area (Å²) in [4.78, 5) is 24.0. The van der Waals surface area contributed by atoms with Crippen LogP contribution in [0.3, 0.4) is 0 Å². The van der Waals surface area contributed by atoms with Crippen molar-refractivity contribution in [2.45, 2.75) is 32.1 Å². The summed E-state index contributed by atoms with van der Waals surface area (Å²) in [5.74, 6) is 1.35. The molecular weight excluding hydrogens is 323 g/mol. The van der Waals surface area contributed by atoms with E-state index in [1.165, 1.54) is 25.3 Å². The van der Waals surface area contributed by atoms with Gasteiger partial charge >= 0.3 is 0 Å². The number of hydrogen-bond acceptors (Lipinski definition) is 2. The van der Waals surface area contributed by atoms with Gasteiger partial charge in [0.25, 0.3) is 5.91 Å². The summed E-state index contributed by atoms with van der Waals surface area (Å²) in [5.41, 5.74) is 5.12. The molecule has 1 aromatic carbocycles. The lowest BCUT2D eigenvalue weighted by Crippen LogP contribution is -2.42. The SMILES string of the molecule is O=C(C[C@H]1C[C@@H]2CC[C@@H]1C2)NNC(=O)c1cc(Cl)ccc1Cl. The third kappa shape index (κ3) is 3.39. The Morgan fingerprint density at radius 2 is 1.95 bits per heavy atom. The van der Waals surface area contributed by atoms with Crippen LogP contribution in [0, 0.1) is 17.8 Å². The molecular formula is C16H18Cl2N2O2. The number of halogens is 2. The first-order valence-electron chi connectivity index (χ1n) is 7.57. The second-order valence-corrected chi connectivity index (χ2v) is 7.11. The number of carbonyl (C=O) groups excluding carboxylic acids is 2. The van der Waals surface area contributed by atoms with Crippen molar-refractivity contribution >= 4 is 35.0 Å². The van der Waals surface area contributed by atoms with Gasteiger partial charge in [-0.3, -0.25) is 20.4 Å². The van der Waals surface area contributed by atoms with Crippen molar-refractivity contribution in [1.82, 2.24) is 10.9 Å². The quantitative estimate of drug-likeness (QED) is 0.826. The Labute approximate surface area is 139 Å². The molecule has 2 bridgehead atoms. The van der Waals surface area contributed by atoms with E-state index in [0.717, 1.165) is 12.3 Å². The Kier molecular flexibility index (Phi) is 4.59. The van der Waals surface area contributed by atoms with Gasteiger partial charge in [-0.2, -0.15) is 0 Å². The van der Waals surface area contributed by atoms with Crippen molar-refractivity contribution < 1.29 is 9.59 Å². The van der Waals surface area contributed by atoms with Gasteiger partial charge in [-0.1, -0.05) is 29.6 Å². The smallest absolute Gasteiger partial charge is 0.271 e. The van der Waals surface area contributed by atoms with Gasteiger partial charge in [0.05, 0.1) is 10.6 Å². The largest absolute Gasteiger partial charge is 0.273 e. The molecule has 0 aliphatic heterocycles. The van der Waals surface area contributed by atoms with Gasteiger partial charge in [-0.05, 0) is 55.2 Å². The fourth-order valence-corrected chi connectivity index (χ4v) is 4.16. The molecule has 118 valence electrons. The van der Waals surface area contributed by atoms with E-state index in [9.17, 15) is 9.59 Å². The molecule has 0 heterocycles. The van der Waals surface area contributed by atoms with Crippen molar-refractivity contribution in [3.05, 3.63) is 33.8 Å². The highest BCUT2D eigenvalue weighted by molar-refractivity contribution is 6.35. The predicted molar refractivity (Wildman–Crippen MR) is 85.6 cm³/mol. The van der Waals surface area contributed by atoms with Gasteiger partial charge in [-0.15, -0.1) is 0 Å². The molecule has 2 amide bonds. The summed E-state index contributed by atoms with van der Waals surface area (Å²) in [7, 11) is 0. The molecule has 2 saturated carbocycles. The molecule has 3 atom stereocenters. The second-order valence-electron chi connectivity index (χ2n) is 6.27. The monoisotopic (exact) mass is 340 g/mol. The van der Waals surface area contributed by atoms with Crippen molar-refractivity contribution in [2.75, 3.05) is 0 Å². The molecule has 2 fully saturated rings. The van der Waals surface area contributed by atoms with E-state index >= 15 is 0 Å². The number of benzene rings is 1. The van der Waals surface area contributed by atoms with Crippen molar-refractivity contribution in [2.24, 2.45) is 17.8 Å². The first-order valence-corrected chi connectivity index (χ1v) is 8.32. The molecule has 4 nitrogen and oxygen atoms in total. The minimum Gasteiger partial charge on any atom is -0.273 e. The van der Waals surface area contributed by atoms with Gasteiger partial charge in [0.15, 0.2) is 0 Å². The molecule has 2 N–H and O–H groups in total. The summed E-state index contributed by atoms with van der Waals surface area (Å²) in [6.07, 6.45) is 5.44. The second kappa shape index (κ2) is 6.47. The Morgan fingerprint density at radius 3 is 2.64 bits per heavy atom. The van der Waals surface area contributed by atoms with Gasteiger partial charge in [0.2, 0.25) is 5.91 Å². The Hall–Kier alpha value is -1.26. The third-order valence-corrected chi connectivity index (χ3v) is 5.39. The molecule has 1 aromatic rings. The minimum atomic E-state index is -0.464. The first kappa shape index (κ1) is 15.6. The molecule has 0 aromatic heterocycles. The van der Waals surface area contributed by atoms with E-state index in [4.69, 9.17) is 23.2 Å². The van der Waals surface area contributed by atoms with Crippen LogP contribution in [0.25, 0.3) is 0 Å². The maximum atomic E-state index is 12.0. The van der Waals surface area contributed by atoms with Gasteiger partial charge in [-0.25, -0.2) is 0 Å². The third-order valence-electron chi connectivity index (χ3n) is 4.82. The van der Waals surface area contributed by atoms with Crippen molar-refractivity contribution in [3.63, 3.8) is 0 Å². The number of hydrazine groups is 1. The van der Waals surface area contributed by atoms with E-state index in [2.05, 4.69) is 10.9 Å². The molecule has 0 spiro atoms. The fraction of sp³-hybridized carbons (Fsp3) is 0.500. The van der Waals surface area contributed by atoms with Gasteiger partial charge in [0.1, 0.15) is 0 Å². The van der Waals surface area contributed by atoms with Crippen LogP contribution in [0.2, 0.25) is 10.0 Å². The lowest BCUT2D eigenvalue weighted by molar-refractivity contribution is -0.123. The highest BCUT2D eigenvalue weighted by Crippen LogP contribution is 2.49. The number of fused-ring (bicyclic) bond motifs is 2. The highest BCUT2D eigenvalue weighted by Gasteiger charge is 2.40. The van der Waals surface area contributed by atoms with Crippen LogP contribution in [0.4, 0.5) is 0 Å². The van der Waals surface area contributed by atoms with E-state index < -0.39 is 5.91 Å². The van der Waals surface area contributed by atoms with Crippen LogP contribution >= 0.6 is 23.2 Å². The topological polar surface area (TPSA) is 58.2 Å². The summed E-state index contributed by atoms with van der Waals surface area (Å²) in [6, 6.07) is 4.63. The summed E-state index contributed by atoms with van der Waals surface area (Å²) >= 11 is 11.8. The number of carbonyl (C=O) groups is 2. The molecule has 3 rings (SSSR count). The lowest BCUT2D eigenvalue weighted by Gasteiger charge is -2.20. The molecule has 6 heteroatoms. The van der Waals surface area contributed by atoms with Crippen LogP contribution in [0.1, 0.15) is 42.5 Å². The molecule has 0 radical (unpaired) electrons. The average Bonchev–Trinajstić information content (AvgIpc) is 3.10. The molecule has 0 saturated heterocycles. The van der Waals surface area contributed by atoms with Crippen LogP contribution in [-0.4, -0.2) is 11.8 Å². The average molecular weight is 341 g/mol. The van der Waals surface area contributed by atoms with Crippen molar-refractivity contribution in [3.8, 4) is 0 Å². The number of hydrogen-bond donors (Lipinski definition) is 2. The minimum absolute atomic E-state index is 0.149.